The van der Waals surface area contributed by atoms with E-state index in [1.165, 1.54) is 289 Å². The lowest BCUT2D eigenvalue weighted by atomic mass is 10.0. The molecule has 0 aromatic heterocycles. The van der Waals surface area contributed by atoms with E-state index in [1.54, 1.807) is 6.08 Å². The number of nitrogens with one attached hydrogen (secondary N) is 1. The number of aliphatic hydroxyl groups excluding tert-OH is 2. The molecule has 452 valence electrons. The minimum Gasteiger partial charge on any atom is -0.466 e. The molecular formula is C71H133NO5. The normalized spacial score (nSPS) is 12.8. The first-order chi connectivity index (χ1) is 38.0. The zero-order valence-corrected chi connectivity index (χ0v) is 51.7. The Kier molecular flexibility index (Phi) is 64.5. The van der Waals surface area contributed by atoms with Crippen LogP contribution < -0.4 is 5.32 Å². The Bertz CT molecular complexity index is 1290. The Balaban J connectivity index is 3.38. The molecule has 3 N–H and O–H groups in total. The number of esters is 1. The van der Waals surface area contributed by atoms with E-state index >= 15 is 0 Å². The average Bonchev–Trinajstić information content (AvgIpc) is 3.43. The third-order valence-electron chi connectivity index (χ3n) is 15.8. The topological polar surface area (TPSA) is 95.9 Å². The van der Waals surface area contributed by atoms with Gasteiger partial charge in [-0.25, -0.2) is 0 Å². The zero-order valence-electron chi connectivity index (χ0n) is 51.7. The second kappa shape index (κ2) is 66.3. The van der Waals surface area contributed by atoms with Gasteiger partial charge in [0.15, 0.2) is 0 Å². The van der Waals surface area contributed by atoms with Crippen LogP contribution in [0.5, 0.6) is 0 Å². The molecule has 1 amide bonds. The van der Waals surface area contributed by atoms with Gasteiger partial charge in [0.25, 0.3) is 0 Å². The first-order valence-corrected chi connectivity index (χ1v) is 34.4. The first kappa shape index (κ1) is 74.8. The van der Waals surface area contributed by atoms with Crippen molar-refractivity contribution in [1.29, 1.82) is 0 Å². The summed E-state index contributed by atoms with van der Waals surface area (Å²) in [6, 6.07) is -0.627. The minimum atomic E-state index is -0.843. The van der Waals surface area contributed by atoms with Crippen LogP contribution in [0.15, 0.2) is 48.6 Å². The van der Waals surface area contributed by atoms with E-state index in [2.05, 4.69) is 55.6 Å². The molecule has 0 fully saturated rings. The predicted octanol–water partition coefficient (Wildman–Crippen LogP) is 22.1. The SMILES string of the molecule is CCC/C=C\C/C=C\CCCCCCCC(=O)OCCCCCCCCCCCCCC/C=C\CCCCCCCCCCCCCCCCCC(=O)NC(CO)C(O)/C=C/CCCCCCCCCCCCCCCC. The van der Waals surface area contributed by atoms with Crippen molar-refractivity contribution >= 4 is 11.9 Å². The summed E-state index contributed by atoms with van der Waals surface area (Å²) < 4.78 is 5.47. The second-order valence-corrected chi connectivity index (χ2v) is 23.5. The van der Waals surface area contributed by atoms with Crippen LogP contribution in [0, 0.1) is 0 Å². The lowest BCUT2D eigenvalue weighted by Gasteiger charge is -2.20. The fraction of sp³-hybridized carbons (Fsp3) is 0.859. The van der Waals surface area contributed by atoms with Crippen LogP contribution in [-0.2, 0) is 14.3 Å². The fourth-order valence-electron chi connectivity index (χ4n) is 10.6. The van der Waals surface area contributed by atoms with Crippen LogP contribution in [0.4, 0.5) is 0 Å². The summed E-state index contributed by atoms with van der Waals surface area (Å²) in [6.07, 6.45) is 86.2. The Labute approximate surface area is 480 Å². The summed E-state index contributed by atoms with van der Waals surface area (Å²) >= 11 is 0. The van der Waals surface area contributed by atoms with Crippen LogP contribution >= 0.6 is 0 Å². The molecule has 0 saturated heterocycles. The predicted molar refractivity (Wildman–Crippen MR) is 338 cm³/mol. The van der Waals surface area contributed by atoms with Gasteiger partial charge in [-0.3, -0.25) is 9.59 Å². The van der Waals surface area contributed by atoms with Crippen molar-refractivity contribution in [1.82, 2.24) is 5.32 Å². The molecule has 6 nitrogen and oxygen atoms in total. The van der Waals surface area contributed by atoms with Gasteiger partial charge in [0, 0.05) is 12.8 Å². The molecule has 0 aliphatic carbocycles. The smallest absolute Gasteiger partial charge is 0.305 e. The molecule has 0 saturated carbocycles. The molecule has 0 aromatic carbocycles. The Hall–Kier alpha value is -2.18. The lowest BCUT2D eigenvalue weighted by molar-refractivity contribution is -0.143. The molecular weight excluding hydrogens is 947 g/mol. The highest BCUT2D eigenvalue weighted by atomic mass is 16.5. The van der Waals surface area contributed by atoms with Gasteiger partial charge in [-0.2, -0.15) is 0 Å². The molecule has 2 atom stereocenters. The van der Waals surface area contributed by atoms with Gasteiger partial charge in [-0.15, -0.1) is 0 Å². The van der Waals surface area contributed by atoms with Gasteiger partial charge in [0.05, 0.1) is 25.4 Å². The summed E-state index contributed by atoms with van der Waals surface area (Å²) in [5, 5.41) is 23.2. The fourth-order valence-corrected chi connectivity index (χ4v) is 10.6. The third kappa shape index (κ3) is 62.9. The van der Waals surface area contributed by atoms with E-state index in [1.807, 2.05) is 6.08 Å². The maximum absolute atomic E-state index is 12.5. The van der Waals surface area contributed by atoms with Crippen LogP contribution in [0.3, 0.4) is 0 Å². The number of carbonyl (C=O) groups excluding carboxylic acids is 2. The minimum absolute atomic E-state index is 0.00188. The van der Waals surface area contributed by atoms with Crippen molar-refractivity contribution < 1.29 is 24.5 Å². The van der Waals surface area contributed by atoms with E-state index in [-0.39, 0.29) is 18.5 Å². The standard InChI is InChI=1S/C71H133NO5/c1-3-5-7-9-11-13-15-17-18-36-40-43-47-51-55-59-63-69(74)68(67-73)72-70(75)64-60-56-52-48-44-41-37-34-32-30-28-26-24-22-20-19-21-23-25-27-29-31-33-35-38-42-46-50-54-58-62-66-77-71(76)65-61-57-53-49-45-39-16-14-12-10-8-6-4-2/h8,10,14,16,21,23,59,63,68-69,73-74H,3-7,9,11-13,15,17-20,22,24-58,60-62,64-67H2,1-2H3,(H,72,75)/b10-8-,16-14-,23-21-,63-59+. The zero-order chi connectivity index (χ0) is 55.7. The van der Waals surface area contributed by atoms with Gasteiger partial charge in [0.1, 0.15) is 0 Å². The quantitative estimate of drug-likeness (QED) is 0.0320. The van der Waals surface area contributed by atoms with Gasteiger partial charge < -0.3 is 20.3 Å². The van der Waals surface area contributed by atoms with E-state index in [0.29, 0.717) is 19.4 Å². The van der Waals surface area contributed by atoms with Crippen LogP contribution in [0.2, 0.25) is 0 Å². The van der Waals surface area contributed by atoms with Crippen molar-refractivity contribution in [2.75, 3.05) is 13.2 Å². The summed E-state index contributed by atoms with van der Waals surface area (Å²) in [5.41, 5.74) is 0. The summed E-state index contributed by atoms with van der Waals surface area (Å²) in [5.74, 6) is -0.0621. The average molecular weight is 1080 g/mol. The van der Waals surface area contributed by atoms with Crippen molar-refractivity contribution in [3.05, 3.63) is 48.6 Å². The van der Waals surface area contributed by atoms with Crippen molar-refractivity contribution in [3.63, 3.8) is 0 Å². The van der Waals surface area contributed by atoms with Gasteiger partial charge in [0.2, 0.25) is 5.91 Å². The van der Waals surface area contributed by atoms with Crippen LogP contribution in [0.1, 0.15) is 367 Å². The number of hydrogen-bond donors (Lipinski definition) is 3. The molecule has 0 aliphatic heterocycles. The third-order valence-corrected chi connectivity index (χ3v) is 15.8. The van der Waals surface area contributed by atoms with Crippen LogP contribution in [-0.4, -0.2) is 47.4 Å². The largest absolute Gasteiger partial charge is 0.466 e. The number of allylic oxidation sites excluding steroid dienone is 7. The Morgan fingerprint density at radius 1 is 0.364 bits per heavy atom. The van der Waals surface area contributed by atoms with Crippen molar-refractivity contribution in [3.8, 4) is 0 Å². The highest BCUT2D eigenvalue weighted by Crippen LogP contribution is 2.18. The molecule has 0 radical (unpaired) electrons. The molecule has 0 bridgehead atoms. The number of hydrogen-bond acceptors (Lipinski definition) is 5. The molecule has 0 spiro atoms. The highest BCUT2D eigenvalue weighted by Gasteiger charge is 2.18. The number of carbonyl (C=O) groups is 2. The summed E-state index contributed by atoms with van der Waals surface area (Å²) in [6.45, 7) is 4.86. The highest BCUT2D eigenvalue weighted by molar-refractivity contribution is 5.76. The second-order valence-electron chi connectivity index (χ2n) is 23.5. The molecule has 0 rings (SSSR count). The van der Waals surface area contributed by atoms with Gasteiger partial charge in [-0.1, -0.05) is 319 Å². The van der Waals surface area contributed by atoms with E-state index in [0.717, 1.165) is 51.4 Å². The number of rotatable bonds is 64. The maximum Gasteiger partial charge on any atom is 0.305 e. The van der Waals surface area contributed by atoms with Crippen LogP contribution in [0.25, 0.3) is 0 Å². The Morgan fingerprint density at radius 2 is 0.675 bits per heavy atom. The molecule has 0 heterocycles. The maximum atomic E-state index is 12.5. The lowest BCUT2D eigenvalue weighted by Crippen LogP contribution is -2.45. The first-order valence-electron chi connectivity index (χ1n) is 34.4. The molecule has 0 aromatic rings. The van der Waals surface area contributed by atoms with E-state index in [9.17, 15) is 19.8 Å². The Morgan fingerprint density at radius 3 is 1.05 bits per heavy atom. The van der Waals surface area contributed by atoms with E-state index in [4.69, 9.17) is 4.74 Å². The van der Waals surface area contributed by atoms with Crippen molar-refractivity contribution in [2.45, 2.75) is 379 Å². The molecule has 77 heavy (non-hydrogen) atoms. The number of aliphatic hydroxyl groups is 2. The number of unbranched alkanes of at least 4 members (excludes halogenated alkanes) is 47. The number of amides is 1. The van der Waals surface area contributed by atoms with Gasteiger partial charge in [-0.05, 0) is 83.5 Å². The van der Waals surface area contributed by atoms with Gasteiger partial charge >= 0.3 is 5.97 Å². The van der Waals surface area contributed by atoms with E-state index < -0.39 is 12.1 Å². The monoisotopic (exact) mass is 1080 g/mol. The summed E-state index contributed by atoms with van der Waals surface area (Å²) in [7, 11) is 0. The van der Waals surface area contributed by atoms with Crippen molar-refractivity contribution in [2.24, 2.45) is 0 Å². The number of ether oxygens (including phenoxy) is 1. The summed E-state index contributed by atoms with van der Waals surface area (Å²) in [4.78, 5) is 24.5. The molecule has 2 unspecified atom stereocenters. The molecule has 0 aliphatic rings. The molecule has 6 heteroatoms.